The predicted molar refractivity (Wildman–Crippen MR) is 568 cm³/mol. The molecule has 0 amide bonds. The number of halogens is 20. The van der Waals surface area contributed by atoms with Crippen molar-refractivity contribution in [1.29, 1.82) is 0 Å². The molecule has 0 bridgehead atoms. The van der Waals surface area contributed by atoms with E-state index < -0.39 is 76.5 Å². The maximum atomic E-state index is 9.75. The smallest absolute Gasteiger partial charge is 1.00 e. The molecule has 6 aromatic carbocycles. The van der Waals surface area contributed by atoms with Crippen molar-refractivity contribution in [1.82, 2.24) is 59.8 Å². The van der Waals surface area contributed by atoms with Gasteiger partial charge in [-0.15, -0.1) is 46.4 Å². The Morgan fingerprint density at radius 1 is 0.147 bits per heavy atom. The molecule has 0 saturated heterocycles. The summed E-state index contributed by atoms with van der Waals surface area (Å²) in [6, 6.07) is 136. The number of hydrogen-bond acceptors (Lipinski definition) is 12. The number of pyridine rings is 12. The van der Waals surface area contributed by atoms with Crippen LogP contribution in [0.1, 0.15) is 0 Å². The first-order valence-corrected chi connectivity index (χ1v) is 52.9. The fourth-order valence-electron chi connectivity index (χ4n) is 12.3. The summed E-state index contributed by atoms with van der Waals surface area (Å²) in [5.74, 6) is 0. The van der Waals surface area contributed by atoms with E-state index in [1.807, 2.05) is 256 Å². The van der Waals surface area contributed by atoms with Crippen molar-refractivity contribution >= 4 is 220 Å². The Bertz CT molecular complexity index is 4710. The van der Waals surface area contributed by atoms with Gasteiger partial charge in [-0.3, -0.25) is 0 Å². The van der Waals surface area contributed by atoms with Crippen molar-refractivity contribution in [3.63, 3.8) is 0 Å². The number of rotatable bonds is 18. The van der Waals surface area contributed by atoms with Gasteiger partial charge in [0.15, 0.2) is 65.2 Å². The Hall–Kier alpha value is -6.16. The average molecular weight is 3540 g/mol. The molecule has 0 aliphatic rings. The minimum atomic E-state index is -6.00. The molecule has 0 atom stereocenters. The van der Waals surface area contributed by atoms with E-state index in [0.717, 1.165) is 65.2 Å². The summed E-state index contributed by atoms with van der Waals surface area (Å²) in [4.78, 5) is 54.4. The molecule has 0 radical (unpaired) electrons. The van der Waals surface area contributed by atoms with Crippen molar-refractivity contribution in [2.45, 2.75) is 0 Å². The molecule has 0 saturated carbocycles. The van der Waals surface area contributed by atoms with Crippen molar-refractivity contribution in [3.05, 3.63) is 475 Å². The van der Waals surface area contributed by atoms with Gasteiger partial charge < -0.3 is 80.0 Å². The second kappa shape index (κ2) is 86.9. The van der Waals surface area contributed by atoms with Crippen LogP contribution < -0.4 is 97.0 Å². The molecule has 12 heterocycles. The Balaban J connectivity index is -0.000000803. The largest absolute Gasteiger partial charge is 2.00 e. The molecule has 0 aliphatic carbocycles. The molecule has 0 spiro atoms. The zero-order valence-electron chi connectivity index (χ0n) is 76.9. The molecule has 150 heavy (non-hydrogen) atoms. The van der Waals surface area contributed by atoms with Gasteiger partial charge in [-0.25, -0.2) is 59.8 Å². The van der Waals surface area contributed by atoms with Crippen LogP contribution in [0.3, 0.4) is 0 Å². The maximum Gasteiger partial charge on any atom is 1.00 e. The van der Waals surface area contributed by atoms with E-state index in [-0.39, 0.29) is 201 Å². The molecule has 12 aromatic heterocycles. The summed E-state index contributed by atoms with van der Waals surface area (Å²) in [5, 5.41) is 8.25. The molecule has 0 fully saturated rings. The Kier molecular flexibility index (Phi) is 87.0. The van der Waals surface area contributed by atoms with Crippen LogP contribution in [0, 0.1) is 0 Å². The van der Waals surface area contributed by atoms with Crippen molar-refractivity contribution in [3.8, 4) is 0 Å². The van der Waals surface area contributed by atoms with E-state index in [0.29, 0.717) is 0 Å². The summed E-state index contributed by atoms with van der Waals surface area (Å²) in [5.41, 5.74) is 13.5. The van der Waals surface area contributed by atoms with Crippen LogP contribution in [0.15, 0.2) is 475 Å². The van der Waals surface area contributed by atoms with E-state index in [9.17, 15) is 69.1 Å². The first-order chi connectivity index (χ1) is 67.5. The molecule has 0 N–H and O–H groups in total. The van der Waals surface area contributed by atoms with Gasteiger partial charge in [-0.1, -0.05) is 182 Å². The standard InChI is InChI=1S/6C16H13N2P.2CH2Cl2.2Ag.6Au.4BF4.2O/c6*1-2-8-14(9-3-1)19(15-10-4-6-12-17-15)16-11-5-7-13-18-16;2*2-1-3;;;;;;;;;4*2-1(3,4)5;;/h6*1-13H;2*1H2;;;;;;;;;;;;;;/q;;;;;;;;8*+1;4*-1;2*-2/p+6. The van der Waals surface area contributed by atoms with Gasteiger partial charge in [0.1, 0.15) is 79.4 Å². The molecule has 0 unspecified atom stereocenters. The molecule has 52 heteroatoms. The van der Waals surface area contributed by atoms with E-state index in [1.165, 1.54) is 31.8 Å². The third-order valence-corrected chi connectivity index (χ3v) is 32.6. The quantitative estimate of drug-likeness (QED) is 0.0340. The van der Waals surface area contributed by atoms with Crippen LogP contribution in [-0.2, 0) is 190 Å². The summed E-state index contributed by atoms with van der Waals surface area (Å²) in [6.07, 6.45) is 22.2. The molecule has 816 valence electrons. The van der Waals surface area contributed by atoms with Crippen LogP contribution in [0.4, 0.5) is 69.1 Å². The topological polar surface area (TPSA) is 212 Å². The van der Waals surface area contributed by atoms with Gasteiger partial charge in [0.05, 0.1) is 10.7 Å². The number of nitrogens with zero attached hydrogens (tertiary/aromatic N) is 12. The second-order valence-corrected chi connectivity index (χ2v) is 42.9. The van der Waals surface area contributed by atoms with Gasteiger partial charge >= 0.3 is 208 Å². The first-order valence-electron chi connectivity index (χ1n) is 41.8. The number of alkyl halides is 4. The normalized spacial score (nSPS) is 9.88. The summed E-state index contributed by atoms with van der Waals surface area (Å²) < 4.78 is 156. The summed E-state index contributed by atoms with van der Waals surface area (Å²) >= 11 is 19.1. The van der Waals surface area contributed by atoms with Gasteiger partial charge in [-0.2, -0.15) is 0 Å². The van der Waals surface area contributed by atoms with E-state index in [1.54, 1.807) is 0 Å². The molecule has 14 nitrogen and oxygen atoms in total. The Morgan fingerprint density at radius 3 is 0.273 bits per heavy atom. The molecule has 18 rings (SSSR count). The van der Waals surface area contributed by atoms with Gasteiger partial charge in [0.25, 0.3) is 0 Å². The van der Waals surface area contributed by atoms with Crippen LogP contribution >= 0.6 is 93.9 Å². The average Bonchev–Trinajstić information content (AvgIpc) is 0.845. The fraction of sp³-hybridized carbons (Fsp3) is 0.0204. The van der Waals surface area contributed by atoms with E-state index in [2.05, 4.69) is 278 Å². The van der Waals surface area contributed by atoms with Crippen LogP contribution in [-0.4, -0.2) is 99.5 Å². The van der Waals surface area contributed by atoms with Gasteiger partial charge in [0.2, 0.25) is 0 Å². The minimum Gasteiger partial charge on any atom is -2.00 e. The molecular formula is C98H88Ag2Au6B4Cl4F16N12O2P6+6. The van der Waals surface area contributed by atoms with E-state index >= 15 is 0 Å². The number of aromatic nitrogens is 12. The zero-order chi connectivity index (χ0) is 101. The first kappa shape index (κ1) is 150. The molecule has 0 aliphatic heterocycles. The third-order valence-electron chi connectivity index (χ3n) is 17.4. The van der Waals surface area contributed by atoms with Gasteiger partial charge in [-0.05, 0) is 146 Å². The van der Waals surface area contributed by atoms with Gasteiger partial charge in [0, 0.05) is 147 Å². The van der Waals surface area contributed by atoms with Crippen molar-refractivity contribution < 1.29 is 259 Å². The van der Waals surface area contributed by atoms with E-state index in [4.69, 9.17) is 46.4 Å². The molecule has 18 aromatic rings. The maximum absolute atomic E-state index is 9.75. The fourth-order valence-corrected chi connectivity index (χ4v) is 26.2. The van der Waals surface area contributed by atoms with Crippen LogP contribution in [0.25, 0.3) is 0 Å². The van der Waals surface area contributed by atoms with Crippen molar-refractivity contribution in [2.24, 2.45) is 0 Å². The third kappa shape index (κ3) is 63.9. The Labute approximate surface area is 1010 Å². The monoisotopic (exact) mass is 3530 g/mol. The summed E-state index contributed by atoms with van der Waals surface area (Å²) in [7, 11) is -30.6. The zero-order valence-corrected chi connectivity index (χ0v) is 102. The number of hydrogen-bond donors (Lipinski definition) is 0. The number of benzene rings is 6. The summed E-state index contributed by atoms with van der Waals surface area (Å²) in [6.45, 7) is 0. The Morgan fingerprint density at radius 2 is 0.213 bits per heavy atom. The van der Waals surface area contributed by atoms with Crippen LogP contribution in [0.5, 0.6) is 0 Å². The predicted octanol–water partition coefficient (Wildman–Crippen LogP) is 19.6. The van der Waals surface area contributed by atoms with Crippen LogP contribution in [0.2, 0.25) is 0 Å². The SMILES string of the molecule is ClCCl.ClCCl.F[B-](F)(F)F.F[B-](F)(F)F.F[B-](F)(F)F.F[B-](F)(F)F.[Ag+].[Ag+].[Au+].[Au+].[Au+].[Au+].[Au+].[Au+].[O-2].[O-2].c1ccc([PH+](c2ccccn2)c2ccccn2)cc1.c1ccc([PH+](c2ccccn2)c2ccccn2)cc1.c1ccc([PH+](c2ccccn2)c2ccccn2)cc1.c1ccc([PH+](c2ccccn2)c2ccccn2)cc1.c1ccc([PH+](c2ccccn2)c2ccccn2)cc1.c1ccc([PH+](c2ccccn2)c2ccccn2)cc1. The second-order valence-electron chi connectivity index (χ2n) is 27.2. The minimum absolute atomic E-state index is 0. The van der Waals surface area contributed by atoms with Crippen molar-refractivity contribution in [2.75, 3.05) is 10.7 Å². The molecular weight excluding hydrogens is 3450 g/mol.